The van der Waals surface area contributed by atoms with E-state index in [1.807, 2.05) is 13.2 Å². The van der Waals surface area contributed by atoms with Gasteiger partial charge in [0.05, 0.1) is 11.8 Å². The summed E-state index contributed by atoms with van der Waals surface area (Å²) in [4.78, 5) is 3.95. The van der Waals surface area contributed by atoms with Gasteiger partial charge in [0, 0.05) is 13.2 Å². The first-order valence-corrected chi connectivity index (χ1v) is 3.42. The molecule has 0 aromatic carbocycles. The Morgan fingerprint density at radius 1 is 1.58 bits per heavy atom. The number of nitrogen functional groups attached to an aromatic ring is 1. The number of H-pyrrole nitrogens is 1. The summed E-state index contributed by atoms with van der Waals surface area (Å²) in [6.45, 7) is 0. The standard InChI is InChI=1S/C6H8N6/c1-12-3-4(2-8-12)5-9-6(7)11-10-5/h2-3H,1H3,(H3,7,9,10,11). The molecule has 0 radical (unpaired) electrons. The number of anilines is 1. The Kier molecular flexibility index (Phi) is 1.33. The normalized spacial score (nSPS) is 10.4. The van der Waals surface area contributed by atoms with Crippen LogP contribution in [0.25, 0.3) is 11.4 Å². The highest BCUT2D eigenvalue weighted by atomic mass is 15.3. The van der Waals surface area contributed by atoms with Crippen molar-refractivity contribution in [2.45, 2.75) is 0 Å². The van der Waals surface area contributed by atoms with Crippen molar-refractivity contribution < 1.29 is 0 Å². The highest BCUT2D eigenvalue weighted by molar-refractivity contribution is 5.52. The van der Waals surface area contributed by atoms with Crippen molar-refractivity contribution in [2.75, 3.05) is 5.73 Å². The number of aryl methyl sites for hydroxylation is 1. The van der Waals surface area contributed by atoms with Gasteiger partial charge in [0.2, 0.25) is 5.95 Å². The van der Waals surface area contributed by atoms with Gasteiger partial charge in [-0.2, -0.15) is 10.1 Å². The molecule has 0 aliphatic rings. The molecule has 0 unspecified atom stereocenters. The largest absolute Gasteiger partial charge is 0.366 e. The fourth-order valence-corrected chi connectivity index (χ4v) is 0.947. The molecule has 2 aromatic heterocycles. The van der Waals surface area contributed by atoms with Crippen molar-refractivity contribution in [1.82, 2.24) is 25.0 Å². The molecule has 0 saturated heterocycles. The van der Waals surface area contributed by atoms with Crippen molar-refractivity contribution in [3.05, 3.63) is 12.4 Å². The maximum absolute atomic E-state index is 5.34. The molecule has 6 nitrogen and oxygen atoms in total. The molecular weight excluding hydrogens is 156 g/mol. The van der Waals surface area contributed by atoms with Crippen LogP contribution in [0.2, 0.25) is 0 Å². The number of aromatic nitrogens is 5. The summed E-state index contributed by atoms with van der Waals surface area (Å²) < 4.78 is 1.69. The van der Waals surface area contributed by atoms with E-state index in [4.69, 9.17) is 5.73 Å². The van der Waals surface area contributed by atoms with Gasteiger partial charge >= 0.3 is 0 Å². The molecule has 0 amide bonds. The van der Waals surface area contributed by atoms with Gasteiger partial charge in [0.25, 0.3) is 0 Å². The van der Waals surface area contributed by atoms with Crippen LogP contribution in [0.15, 0.2) is 12.4 Å². The minimum atomic E-state index is 0.244. The number of rotatable bonds is 1. The van der Waals surface area contributed by atoms with Crippen molar-refractivity contribution in [1.29, 1.82) is 0 Å². The second kappa shape index (κ2) is 2.33. The average Bonchev–Trinajstić information content (AvgIpc) is 2.58. The molecule has 6 heteroatoms. The van der Waals surface area contributed by atoms with E-state index in [0.29, 0.717) is 5.82 Å². The monoisotopic (exact) mass is 164 g/mol. The molecular formula is C6H8N6. The van der Waals surface area contributed by atoms with Crippen molar-refractivity contribution in [3.63, 3.8) is 0 Å². The minimum Gasteiger partial charge on any atom is -0.366 e. The van der Waals surface area contributed by atoms with Crippen LogP contribution in [-0.2, 0) is 7.05 Å². The van der Waals surface area contributed by atoms with Gasteiger partial charge < -0.3 is 5.73 Å². The molecule has 0 spiro atoms. The highest BCUT2D eigenvalue weighted by Gasteiger charge is 2.03. The van der Waals surface area contributed by atoms with Gasteiger partial charge in [-0.15, -0.1) is 5.10 Å². The van der Waals surface area contributed by atoms with E-state index < -0.39 is 0 Å². The Hall–Kier alpha value is -1.85. The maximum Gasteiger partial charge on any atom is 0.239 e. The number of nitrogens with one attached hydrogen (secondary N) is 1. The molecule has 0 bridgehead atoms. The van der Waals surface area contributed by atoms with Gasteiger partial charge in [-0.3, -0.25) is 9.78 Å². The lowest BCUT2D eigenvalue weighted by molar-refractivity contribution is 0.768. The SMILES string of the molecule is Cn1cc(-c2nc(N)n[nH]2)cn1. The van der Waals surface area contributed by atoms with Crippen LogP contribution in [0.3, 0.4) is 0 Å². The summed E-state index contributed by atoms with van der Waals surface area (Å²) in [5.41, 5.74) is 6.22. The number of hydrogen-bond donors (Lipinski definition) is 2. The van der Waals surface area contributed by atoms with E-state index in [9.17, 15) is 0 Å². The van der Waals surface area contributed by atoms with Gasteiger partial charge in [-0.1, -0.05) is 0 Å². The Morgan fingerprint density at radius 3 is 2.92 bits per heavy atom. The van der Waals surface area contributed by atoms with Crippen LogP contribution in [-0.4, -0.2) is 25.0 Å². The third-order valence-corrected chi connectivity index (χ3v) is 1.48. The first-order chi connectivity index (χ1) is 5.75. The van der Waals surface area contributed by atoms with Crippen LogP contribution in [0.4, 0.5) is 5.95 Å². The molecule has 2 heterocycles. The molecule has 62 valence electrons. The zero-order valence-corrected chi connectivity index (χ0v) is 6.52. The fraction of sp³-hybridized carbons (Fsp3) is 0.167. The lowest BCUT2D eigenvalue weighted by Gasteiger charge is -1.84. The molecule has 12 heavy (non-hydrogen) atoms. The fourth-order valence-electron chi connectivity index (χ4n) is 0.947. The van der Waals surface area contributed by atoms with E-state index in [-0.39, 0.29) is 5.95 Å². The Bertz CT molecular complexity index is 348. The van der Waals surface area contributed by atoms with E-state index >= 15 is 0 Å². The van der Waals surface area contributed by atoms with Gasteiger partial charge in [-0.05, 0) is 0 Å². The third kappa shape index (κ3) is 1.03. The summed E-state index contributed by atoms with van der Waals surface area (Å²) in [7, 11) is 1.84. The lowest BCUT2D eigenvalue weighted by Crippen LogP contribution is -1.85. The second-order valence-corrected chi connectivity index (χ2v) is 2.44. The van der Waals surface area contributed by atoms with E-state index in [1.165, 1.54) is 0 Å². The van der Waals surface area contributed by atoms with E-state index in [0.717, 1.165) is 5.56 Å². The quantitative estimate of drug-likeness (QED) is 0.610. The molecule has 0 saturated carbocycles. The van der Waals surface area contributed by atoms with E-state index in [2.05, 4.69) is 20.3 Å². The molecule has 3 N–H and O–H groups in total. The molecule has 0 atom stereocenters. The van der Waals surface area contributed by atoms with Gasteiger partial charge in [0.15, 0.2) is 5.82 Å². The van der Waals surface area contributed by atoms with Crippen molar-refractivity contribution in [3.8, 4) is 11.4 Å². The Balaban J connectivity index is 2.43. The number of aromatic amines is 1. The summed E-state index contributed by atoms with van der Waals surface area (Å²) in [5, 5.41) is 10.4. The molecule has 0 aliphatic carbocycles. The zero-order chi connectivity index (χ0) is 8.55. The van der Waals surface area contributed by atoms with Crippen LogP contribution >= 0.6 is 0 Å². The number of hydrogen-bond acceptors (Lipinski definition) is 4. The summed E-state index contributed by atoms with van der Waals surface area (Å²) in [6.07, 6.45) is 3.53. The smallest absolute Gasteiger partial charge is 0.239 e. The van der Waals surface area contributed by atoms with Crippen molar-refractivity contribution >= 4 is 5.95 Å². The highest BCUT2D eigenvalue weighted by Crippen LogP contribution is 2.12. The predicted octanol–water partition coefficient (Wildman–Crippen LogP) is -0.213. The Morgan fingerprint density at radius 2 is 2.42 bits per heavy atom. The molecule has 0 aliphatic heterocycles. The maximum atomic E-state index is 5.34. The number of nitrogens with two attached hydrogens (primary N) is 1. The zero-order valence-electron chi connectivity index (χ0n) is 6.52. The van der Waals surface area contributed by atoms with Crippen LogP contribution in [0, 0.1) is 0 Å². The summed E-state index contributed by atoms with van der Waals surface area (Å²) in [5.74, 6) is 0.884. The van der Waals surface area contributed by atoms with Gasteiger partial charge in [-0.25, -0.2) is 0 Å². The van der Waals surface area contributed by atoms with Crippen LogP contribution in [0.5, 0.6) is 0 Å². The third-order valence-electron chi connectivity index (χ3n) is 1.48. The molecule has 2 rings (SSSR count). The Labute approximate surface area is 68.4 Å². The van der Waals surface area contributed by atoms with Crippen LogP contribution in [0.1, 0.15) is 0 Å². The predicted molar refractivity (Wildman–Crippen MR) is 43.0 cm³/mol. The minimum absolute atomic E-state index is 0.244. The van der Waals surface area contributed by atoms with Crippen LogP contribution < -0.4 is 5.73 Å². The lowest BCUT2D eigenvalue weighted by atomic mass is 10.3. The van der Waals surface area contributed by atoms with E-state index in [1.54, 1.807) is 10.9 Å². The van der Waals surface area contributed by atoms with Gasteiger partial charge in [0.1, 0.15) is 0 Å². The topological polar surface area (TPSA) is 85.4 Å². The molecule has 2 aromatic rings. The average molecular weight is 164 g/mol. The molecule has 0 fully saturated rings. The number of nitrogens with zero attached hydrogens (tertiary/aromatic N) is 4. The second-order valence-electron chi connectivity index (χ2n) is 2.44. The van der Waals surface area contributed by atoms with Crippen molar-refractivity contribution in [2.24, 2.45) is 7.05 Å². The first kappa shape index (κ1) is 6.84. The summed E-state index contributed by atoms with van der Waals surface area (Å²) >= 11 is 0. The summed E-state index contributed by atoms with van der Waals surface area (Å²) in [6, 6.07) is 0. The first-order valence-electron chi connectivity index (χ1n) is 3.42.